The Hall–Kier alpha value is -1.85. The third-order valence-electron chi connectivity index (χ3n) is 4.66. The van der Waals surface area contributed by atoms with Crippen LogP contribution in [0.3, 0.4) is 0 Å². The second-order valence-corrected chi connectivity index (χ2v) is 11.8. The molecule has 8 nitrogen and oxygen atoms in total. The van der Waals surface area contributed by atoms with Crippen LogP contribution in [0.1, 0.15) is 12.8 Å². The molecular weight excluding hydrogens is 485 g/mol. The third kappa shape index (κ3) is 5.89. The van der Waals surface area contributed by atoms with Crippen LogP contribution in [0, 0.1) is 0 Å². The monoisotopic (exact) mass is 505 g/mol. The van der Waals surface area contributed by atoms with Crippen molar-refractivity contribution in [3.8, 4) is 0 Å². The van der Waals surface area contributed by atoms with Gasteiger partial charge in [-0.05, 0) is 55.3 Å². The molecule has 2 aromatic rings. The van der Waals surface area contributed by atoms with Crippen molar-refractivity contribution in [2.24, 2.45) is 0 Å². The summed E-state index contributed by atoms with van der Waals surface area (Å²) in [5, 5.41) is 3.03. The molecule has 0 atom stereocenters. The van der Waals surface area contributed by atoms with E-state index in [9.17, 15) is 21.6 Å². The maximum Gasteiger partial charge on any atom is 0.245 e. The standard InChI is InChI=1S/C19H21Cl2N3O5S2/c1-30(26,27)24(17-11-14(20)10-15(21)12-17)13-19(25)22-16-4-6-18(7-5-16)31(28,29)23-8-2-3-9-23/h4-7,10-12H,2-3,8-9,13H2,1H3,(H,22,25). The summed E-state index contributed by atoms with van der Waals surface area (Å²) in [6.07, 6.45) is 2.64. The molecule has 1 fully saturated rings. The van der Waals surface area contributed by atoms with E-state index in [2.05, 4.69) is 5.32 Å². The molecule has 1 aliphatic heterocycles. The van der Waals surface area contributed by atoms with Crippen molar-refractivity contribution in [2.75, 3.05) is 35.5 Å². The molecule has 2 aromatic carbocycles. The van der Waals surface area contributed by atoms with Gasteiger partial charge in [-0.1, -0.05) is 23.2 Å². The summed E-state index contributed by atoms with van der Waals surface area (Å²) in [6.45, 7) is 0.481. The summed E-state index contributed by atoms with van der Waals surface area (Å²) in [5.74, 6) is -0.614. The van der Waals surface area contributed by atoms with Gasteiger partial charge in [0.05, 0.1) is 16.8 Å². The van der Waals surface area contributed by atoms with Crippen LogP contribution in [0.25, 0.3) is 0 Å². The highest BCUT2D eigenvalue weighted by atomic mass is 35.5. The smallest absolute Gasteiger partial charge is 0.245 e. The SMILES string of the molecule is CS(=O)(=O)N(CC(=O)Nc1ccc(S(=O)(=O)N2CCCC2)cc1)c1cc(Cl)cc(Cl)c1. The number of carbonyl (C=O) groups is 1. The van der Waals surface area contributed by atoms with E-state index in [1.165, 1.54) is 46.8 Å². The van der Waals surface area contributed by atoms with Crippen LogP contribution in [-0.4, -0.2) is 52.9 Å². The molecule has 1 amide bonds. The Labute approximate surface area is 191 Å². The molecule has 12 heteroatoms. The Morgan fingerprint density at radius 1 is 1.00 bits per heavy atom. The molecule has 0 bridgehead atoms. The van der Waals surface area contributed by atoms with Crippen molar-refractivity contribution < 1.29 is 21.6 Å². The molecule has 1 aliphatic rings. The fourth-order valence-corrected chi connectivity index (χ4v) is 6.07. The second-order valence-electron chi connectivity index (χ2n) is 7.08. The highest BCUT2D eigenvalue weighted by molar-refractivity contribution is 7.92. The number of sulfonamides is 2. The van der Waals surface area contributed by atoms with Gasteiger partial charge >= 0.3 is 0 Å². The lowest BCUT2D eigenvalue weighted by Gasteiger charge is -2.22. The largest absolute Gasteiger partial charge is 0.325 e. The van der Waals surface area contributed by atoms with Crippen LogP contribution in [0.15, 0.2) is 47.4 Å². The van der Waals surface area contributed by atoms with Crippen molar-refractivity contribution in [3.05, 3.63) is 52.5 Å². The van der Waals surface area contributed by atoms with Gasteiger partial charge in [0.15, 0.2) is 0 Å². The normalized spacial score (nSPS) is 15.1. The van der Waals surface area contributed by atoms with Gasteiger partial charge < -0.3 is 5.32 Å². The molecular formula is C19H21Cl2N3O5S2. The van der Waals surface area contributed by atoms with Gasteiger partial charge in [0, 0.05) is 28.8 Å². The number of halogens is 2. The van der Waals surface area contributed by atoms with Crippen molar-refractivity contribution in [2.45, 2.75) is 17.7 Å². The Balaban J connectivity index is 1.74. The molecule has 3 rings (SSSR count). The van der Waals surface area contributed by atoms with Crippen LogP contribution in [0.2, 0.25) is 10.0 Å². The van der Waals surface area contributed by atoms with Crippen LogP contribution in [-0.2, 0) is 24.8 Å². The summed E-state index contributed by atoms with van der Waals surface area (Å²) in [5.41, 5.74) is 0.491. The molecule has 1 saturated heterocycles. The van der Waals surface area contributed by atoms with Crippen LogP contribution in [0.5, 0.6) is 0 Å². The zero-order chi connectivity index (χ0) is 22.8. The minimum absolute atomic E-state index is 0.138. The topological polar surface area (TPSA) is 104 Å². The number of rotatable bonds is 7. The second kappa shape index (κ2) is 9.33. The number of amides is 1. The molecule has 1 N–H and O–H groups in total. The number of nitrogens with one attached hydrogen (secondary N) is 1. The van der Waals surface area contributed by atoms with E-state index in [0.29, 0.717) is 18.8 Å². The number of nitrogens with zero attached hydrogens (tertiary/aromatic N) is 2. The number of benzene rings is 2. The third-order valence-corrected chi connectivity index (χ3v) is 8.15. The number of hydrogen-bond acceptors (Lipinski definition) is 5. The molecule has 0 aliphatic carbocycles. The Bertz CT molecular complexity index is 1160. The van der Waals surface area contributed by atoms with Gasteiger partial charge in [0.2, 0.25) is 26.0 Å². The van der Waals surface area contributed by atoms with E-state index >= 15 is 0 Å². The quantitative estimate of drug-likeness (QED) is 0.622. The Morgan fingerprint density at radius 2 is 1.55 bits per heavy atom. The van der Waals surface area contributed by atoms with E-state index in [1.54, 1.807) is 0 Å². The summed E-state index contributed by atoms with van der Waals surface area (Å²) in [7, 11) is -7.36. The molecule has 31 heavy (non-hydrogen) atoms. The minimum Gasteiger partial charge on any atom is -0.325 e. The lowest BCUT2D eigenvalue weighted by molar-refractivity contribution is -0.114. The van der Waals surface area contributed by atoms with Crippen LogP contribution < -0.4 is 9.62 Å². The molecule has 0 aromatic heterocycles. The van der Waals surface area contributed by atoms with Gasteiger partial charge in [-0.25, -0.2) is 16.8 Å². The number of anilines is 2. The first-order valence-electron chi connectivity index (χ1n) is 9.31. The van der Waals surface area contributed by atoms with E-state index in [1.807, 2.05) is 0 Å². The van der Waals surface area contributed by atoms with Crippen molar-refractivity contribution in [1.29, 1.82) is 0 Å². The predicted octanol–water partition coefficient (Wildman–Crippen LogP) is 3.18. The van der Waals surface area contributed by atoms with E-state index < -0.39 is 32.5 Å². The van der Waals surface area contributed by atoms with E-state index in [0.717, 1.165) is 23.4 Å². The summed E-state index contributed by atoms with van der Waals surface area (Å²) in [6, 6.07) is 9.97. The van der Waals surface area contributed by atoms with Crippen molar-refractivity contribution in [3.63, 3.8) is 0 Å². The van der Waals surface area contributed by atoms with Gasteiger partial charge in [-0.2, -0.15) is 4.31 Å². The van der Waals surface area contributed by atoms with Gasteiger partial charge in [-0.3, -0.25) is 9.10 Å². The summed E-state index contributed by atoms with van der Waals surface area (Å²) >= 11 is 11.9. The molecule has 1 heterocycles. The fraction of sp³-hybridized carbons (Fsp3) is 0.316. The first-order chi connectivity index (χ1) is 14.5. The summed E-state index contributed by atoms with van der Waals surface area (Å²) in [4.78, 5) is 12.6. The van der Waals surface area contributed by atoms with Gasteiger partial charge in [0.1, 0.15) is 6.54 Å². The summed E-state index contributed by atoms with van der Waals surface area (Å²) < 4.78 is 51.9. The highest BCUT2D eigenvalue weighted by Crippen LogP contribution is 2.27. The van der Waals surface area contributed by atoms with Crippen molar-refractivity contribution in [1.82, 2.24) is 4.31 Å². The zero-order valence-electron chi connectivity index (χ0n) is 16.6. The maximum atomic E-state index is 12.6. The van der Waals surface area contributed by atoms with E-state index in [-0.39, 0.29) is 20.6 Å². The van der Waals surface area contributed by atoms with Gasteiger partial charge in [0.25, 0.3) is 0 Å². The van der Waals surface area contributed by atoms with Crippen LogP contribution in [0.4, 0.5) is 11.4 Å². The maximum absolute atomic E-state index is 12.6. The first-order valence-corrected chi connectivity index (χ1v) is 13.3. The van der Waals surface area contributed by atoms with Crippen LogP contribution >= 0.6 is 23.2 Å². The zero-order valence-corrected chi connectivity index (χ0v) is 19.7. The number of hydrogen-bond donors (Lipinski definition) is 1. The predicted molar refractivity (Wildman–Crippen MR) is 122 cm³/mol. The molecule has 168 valence electrons. The van der Waals surface area contributed by atoms with E-state index in [4.69, 9.17) is 23.2 Å². The average molecular weight is 506 g/mol. The highest BCUT2D eigenvalue weighted by Gasteiger charge is 2.27. The molecule has 0 unspecified atom stereocenters. The molecule has 0 spiro atoms. The Morgan fingerprint density at radius 3 is 2.06 bits per heavy atom. The molecule has 0 saturated carbocycles. The fourth-order valence-electron chi connectivity index (χ4n) is 3.20. The minimum atomic E-state index is -3.80. The molecule has 0 radical (unpaired) electrons. The lowest BCUT2D eigenvalue weighted by Crippen LogP contribution is -2.37. The average Bonchev–Trinajstić information content (AvgIpc) is 3.20. The first kappa shape index (κ1) is 23.8. The Kier molecular flexibility index (Phi) is 7.17. The lowest BCUT2D eigenvalue weighted by atomic mass is 10.3. The van der Waals surface area contributed by atoms with Gasteiger partial charge in [-0.15, -0.1) is 0 Å². The van der Waals surface area contributed by atoms with Crippen molar-refractivity contribution >= 4 is 60.5 Å². The number of carbonyl (C=O) groups excluding carboxylic acids is 1.